The first-order valence-electron chi connectivity index (χ1n) is 8.05. The minimum Gasteiger partial charge on any atom is -0.480 e. The van der Waals surface area contributed by atoms with Crippen LogP contribution in [0.4, 0.5) is 0 Å². The number of ether oxygens (including phenoxy) is 1. The van der Waals surface area contributed by atoms with Crippen molar-refractivity contribution >= 4 is 23.5 Å². The Bertz CT molecular complexity index is 961. The third-order valence-corrected chi connectivity index (χ3v) is 4.58. The van der Waals surface area contributed by atoms with Crippen LogP contribution in [0.1, 0.15) is 27.6 Å². The Morgan fingerprint density at radius 1 is 0.840 bits per heavy atom. The van der Waals surface area contributed by atoms with Gasteiger partial charge in [0, 0.05) is 10.6 Å². The van der Waals surface area contributed by atoms with Crippen LogP contribution in [0.3, 0.4) is 0 Å². The van der Waals surface area contributed by atoms with Gasteiger partial charge < -0.3 is 4.74 Å². The van der Waals surface area contributed by atoms with E-state index < -0.39 is 6.10 Å². The predicted octanol–water partition coefficient (Wildman–Crippen LogP) is 5.74. The van der Waals surface area contributed by atoms with Crippen LogP contribution >= 0.6 is 11.6 Å². The van der Waals surface area contributed by atoms with E-state index >= 15 is 0 Å². The first kappa shape index (κ1) is 15.7. The number of halogens is 1. The van der Waals surface area contributed by atoms with E-state index in [9.17, 15) is 4.79 Å². The van der Waals surface area contributed by atoms with Crippen molar-refractivity contribution in [2.45, 2.75) is 6.10 Å². The molecule has 1 atom stereocenters. The maximum absolute atomic E-state index is 13.1. The highest BCUT2D eigenvalue weighted by atomic mass is 35.5. The van der Waals surface area contributed by atoms with Gasteiger partial charge in [-0.3, -0.25) is 4.79 Å². The zero-order chi connectivity index (χ0) is 17.2. The van der Waals surface area contributed by atoms with E-state index in [1.165, 1.54) is 0 Å². The minimum atomic E-state index is -0.458. The summed E-state index contributed by atoms with van der Waals surface area (Å²) in [6.45, 7) is 0. The molecule has 0 amide bonds. The molecular weight excluding hydrogens is 332 g/mol. The van der Waals surface area contributed by atoms with Gasteiger partial charge in [-0.1, -0.05) is 72.3 Å². The average Bonchev–Trinajstić information content (AvgIpc) is 2.66. The van der Waals surface area contributed by atoms with Gasteiger partial charge in [0.15, 0.2) is 11.9 Å². The van der Waals surface area contributed by atoms with E-state index in [1.54, 1.807) is 6.07 Å². The lowest BCUT2D eigenvalue weighted by molar-refractivity contribution is 0.0963. The summed E-state index contributed by atoms with van der Waals surface area (Å²) in [4.78, 5) is 13.1. The third-order valence-electron chi connectivity index (χ3n) is 4.24. The lowest BCUT2D eigenvalue weighted by Gasteiger charge is -2.28. The summed E-state index contributed by atoms with van der Waals surface area (Å²) in [5.41, 5.74) is 2.89. The zero-order valence-electron chi connectivity index (χ0n) is 13.4. The van der Waals surface area contributed by atoms with Gasteiger partial charge in [0.1, 0.15) is 5.75 Å². The summed E-state index contributed by atoms with van der Waals surface area (Å²) in [6.07, 6.45) is 1.37. The van der Waals surface area contributed by atoms with Crippen molar-refractivity contribution in [3.05, 3.63) is 106 Å². The van der Waals surface area contributed by atoms with Crippen molar-refractivity contribution in [2.24, 2.45) is 0 Å². The van der Waals surface area contributed by atoms with Crippen molar-refractivity contribution in [3.8, 4) is 5.75 Å². The Hall–Kier alpha value is -2.84. The highest BCUT2D eigenvalue weighted by Crippen LogP contribution is 2.39. The van der Waals surface area contributed by atoms with Gasteiger partial charge in [-0.2, -0.15) is 0 Å². The molecule has 3 heteroatoms. The molecule has 0 bridgehead atoms. The van der Waals surface area contributed by atoms with Crippen LogP contribution in [0.5, 0.6) is 5.75 Å². The fraction of sp³-hybridized carbons (Fsp3) is 0.0455. The maximum Gasteiger partial charge on any atom is 0.196 e. The van der Waals surface area contributed by atoms with Crippen molar-refractivity contribution in [1.82, 2.24) is 0 Å². The standard InChI is InChI=1S/C22H15ClO2/c23-19-12-6-4-10-16(19)14-18-21(24)17-11-5-7-13-20(17)25-22(18)15-8-2-1-3-9-15/h1-14,22H/b18-14+/t22-/m0/s1. The number of hydrogen-bond acceptors (Lipinski definition) is 2. The molecule has 25 heavy (non-hydrogen) atoms. The number of rotatable bonds is 2. The molecule has 2 nitrogen and oxygen atoms in total. The second-order valence-electron chi connectivity index (χ2n) is 5.86. The smallest absolute Gasteiger partial charge is 0.196 e. The third kappa shape index (κ3) is 2.97. The topological polar surface area (TPSA) is 26.3 Å². The van der Waals surface area contributed by atoms with E-state index in [1.807, 2.05) is 78.9 Å². The molecule has 0 unspecified atom stereocenters. The van der Waals surface area contributed by atoms with Crippen LogP contribution in [0, 0.1) is 0 Å². The van der Waals surface area contributed by atoms with Crippen molar-refractivity contribution in [3.63, 3.8) is 0 Å². The van der Waals surface area contributed by atoms with Crippen molar-refractivity contribution in [2.75, 3.05) is 0 Å². The minimum absolute atomic E-state index is 0.0318. The second-order valence-corrected chi connectivity index (χ2v) is 6.26. The normalized spacial score (nSPS) is 17.9. The van der Waals surface area contributed by atoms with Crippen molar-refractivity contribution in [1.29, 1.82) is 0 Å². The molecule has 1 aliphatic heterocycles. The van der Waals surface area contributed by atoms with Crippen LogP contribution in [0.2, 0.25) is 5.02 Å². The summed E-state index contributed by atoms with van der Waals surface area (Å²) >= 11 is 6.29. The Morgan fingerprint density at radius 3 is 2.32 bits per heavy atom. The van der Waals surface area contributed by atoms with Crippen LogP contribution in [-0.2, 0) is 0 Å². The van der Waals surface area contributed by atoms with E-state index in [-0.39, 0.29) is 5.78 Å². The monoisotopic (exact) mass is 346 g/mol. The molecule has 1 heterocycles. The van der Waals surface area contributed by atoms with E-state index in [4.69, 9.17) is 16.3 Å². The van der Waals surface area contributed by atoms with E-state index in [2.05, 4.69) is 0 Å². The van der Waals surface area contributed by atoms with Gasteiger partial charge in [0.2, 0.25) is 0 Å². The predicted molar refractivity (Wildman–Crippen MR) is 100 cm³/mol. The van der Waals surface area contributed by atoms with Gasteiger partial charge in [0.05, 0.1) is 5.56 Å². The molecule has 0 spiro atoms. The second kappa shape index (κ2) is 6.58. The molecule has 0 aliphatic carbocycles. The van der Waals surface area contributed by atoms with Gasteiger partial charge in [-0.15, -0.1) is 0 Å². The summed E-state index contributed by atoms with van der Waals surface area (Å²) in [5.74, 6) is 0.577. The highest BCUT2D eigenvalue weighted by Gasteiger charge is 2.32. The van der Waals surface area contributed by atoms with Crippen LogP contribution in [0.15, 0.2) is 84.4 Å². The number of carbonyl (C=O) groups is 1. The van der Waals surface area contributed by atoms with Crippen molar-refractivity contribution < 1.29 is 9.53 Å². The maximum atomic E-state index is 13.1. The van der Waals surface area contributed by atoms with Gasteiger partial charge in [-0.05, 0) is 35.4 Å². The highest BCUT2D eigenvalue weighted by molar-refractivity contribution is 6.32. The molecule has 3 aromatic rings. The molecule has 3 aromatic carbocycles. The number of carbonyl (C=O) groups excluding carboxylic acids is 1. The van der Waals surface area contributed by atoms with Crippen LogP contribution in [0.25, 0.3) is 6.08 Å². The summed E-state index contributed by atoms with van der Waals surface area (Å²) in [6, 6.07) is 24.6. The summed E-state index contributed by atoms with van der Waals surface area (Å²) in [7, 11) is 0. The number of hydrogen-bond donors (Lipinski definition) is 0. The molecular formula is C22H15ClO2. The Balaban J connectivity index is 1.89. The van der Waals surface area contributed by atoms with Gasteiger partial charge in [0.25, 0.3) is 0 Å². The molecule has 1 aliphatic rings. The number of ketones is 1. The molecule has 0 saturated carbocycles. The van der Waals surface area contributed by atoms with Crippen LogP contribution in [-0.4, -0.2) is 5.78 Å². The van der Waals surface area contributed by atoms with Crippen LogP contribution < -0.4 is 4.74 Å². The Kier molecular flexibility index (Phi) is 4.12. The lowest BCUT2D eigenvalue weighted by atomic mass is 9.89. The van der Waals surface area contributed by atoms with Gasteiger partial charge >= 0.3 is 0 Å². The molecule has 122 valence electrons. The molecule has 0 saturated heterocycles. The molecule has 0 fully saturated rings. The number of benzene rings is 3. The van der Waals surface area contributed by atoms with Gasteiger partial charge in [-0.25, -0.2) is 0 Å². The molecule has 4 rings (SSSR count). The fourth-order valence-corrected chi connectivity index (χ4v) is 3.19. The number of Topliss-reactive ketones (excluding diaryl/α,β-unsaturated/α-hetero) is 1. The summed E-state index contributed by atoms with van der Waals surface area (Å²) in [5, 5.41) is 0.605. The number of fused-ring (bicyclic) bond motifs is 1. The lowest BCUT2D eigenvalue weighted by Crippen LogP contribution is -2.23. The Labute approximate surface area is 151 Å². The molecule has 0 N–H and O–H groups in total. The first-order chi connectivity index (χ1) is 12.2. The Morgan fingerprint density at radius 2 is 1.52 bits per heavy atom. The SMILES string of the molecule is O=C1/C(=C\c2ccccc2Cl)[C@H](c2ccccc2)Oc2ccccc21. The average molecular weight is 347 g/mol. The largest absolute Gasteiger partial charge is 0.480 e. The molecule has 0 aromatic heterocycles. The summed E-state index contributed by atoms with van der Waals surface area (Å²) < 4.78 is 6.18. The quantitative estimate of drug-likeness (QED) is 0.553. The zero-order valence-corrected chi connectivity index (χ0v) is 14.1. The van der Waals surface area contributed by atoms with E-state index in [0.29, 0.717) is 21.9 Å². The van der Waals surface area contributed by atoms with E-state index in [0.717, 1.165) is 11.1 Å². The molecule has 0 radical (unpaired) electrons. The fourth-order valence-electron chi connectivity index (χ4n) is 3.00. The first-order valence-corrected chi connectivity index (χ1v) is 8.43. The number of para-hydroxylation sites is 1.